The van der Waals surface area contributed by atoms with Gasteiger partial charge in [-0.2, -0.15) is 0 Å². The largest absolute Gasteiger partial charge is 0.380 e. The Bertz CT molecular complexity index is 575. The van der Waals surface area contributed by atoms with Gasteiger partial charge in [0.1, 0.15) is 5.60 Å². The smallest absolute Gasteiger partial charge is 0.117 e. The van der Waals surface area contributed by atoms with E-state index in [4.69, 9.17) is 0 Å². The van der Waals surface area contributed by atoms with Crippen LogP contribution in [0, 0.1) is 5.92 Å². The highest BCUT2D eigenvalue weighted by atomic mass is 35.5. The number of benzene rings is 2. The van der Waals surface area contributed by atoms with Crippen molar-refractivity contribution < 1.29 is 5.11 Å². The summed E-state index contributed by atoms with van der Waals surface area (Å²) in [5, 5.41) is 11.9. The first-order valence-electron chi connectivity index (χ1n) is 8.62. The van der Waals surface area contributed by atoms with Crippen LogP contribution >= 0.6 is 12.4 Å². The molecule has 2 nitrogen and oxygen atoms in total. The Labute approximate surface area is 151 Å². The van der Waals surface area contributed by atoms with Gasteiger partial charge in [0.25, 0.3) is 0 Å². The molecule has 0 radical (unpaired) electrons. The fourth-order valence-corrected chi connectivity index (χ4v) is 4.04. The molecule has 0 spiro atoms. The molecule has 2 aromatic carbocycles. The van der Waals surface area contributed by atoms with Gasteiger partial charge >= 0.3 is 0 Å². The minimum atomic E-state index is -0.906. The fraction of sp³-hybridized carbons (Fsp3) is 0.429. The van der Waals surface area contributed by atoms with Gasteiger partial charge in [0, 0.05) is 6.04 Å². The molecule has 0 amide bonds. The van der Waals surface area contributed by atoms with Crippen LogP contribution in [0.1, 0.15) is 36.8 Å². The summed E-state index contributed by atoms with van der Waals surface area (Å²) in [5.41, 5.74) is 1.11. The molecule has 2 unspecified atom stereocenters. The molecule has 2 aromatic rings. The Morgan fingerprint density at radius 2 is 1.38 bits per heavy atom. The Kier molecular flexibility index (Phi) is 6.45. The number of rotatable bonds is 4. The number of hydrogen-bond acceptors (Lipinski definition) is 2. The minimum Gasteiger partial charge on any atom is -0.380 e. The molecule has 1 saturated carbocycles. The quantitative estimate of drug-likeness (QED) is 0.884. The molecule has 1 aliphatic carbocycles. The van der Waals surface area contributed by atoms with Crippen molar-refractivity contribution in [3.05, 3.63) is 71.8 Å². The lowest BCUT2D eigenvalue weighted by molar-refractivity contribution is -0.0152. The van der Waals surface area contributed by atoms with Crippen LogP contribution in [-0.4, -0.2) is 30.1 Å². The molecule has 0 aromatic heterocycles. The summed E-state index contributed by atoms with van der Waals surface area (Å²) in [6.45, 7) is 0. The van der Waals surface area contributed by atoms with Crippen molar-refractivity contribution in [3.8, 4) is 0 Å². The van der Waals surface area contributed by atoms with Crippen LogP contribution in [0.4, 0.5) is 0 Å². The van der Waals surface area contributed by atoms with E-state index in [-0.39, 0.29) is 18.3 Å². The van der Waals surface area contributed by atoms with E-state index in [1.165, 1.54) is 12.8 Å². The standard InChI is InChI=1S/C21H27NO.ClH/c1-22(2)20-15-9-14-19(16-20)21(23,17-10-5-3-6-11-17)18-12-7-4-8-13-18;/h3-8,10-13,19-20,23H,9,14-16H2,1-2H3;1H. The van der Waals surface area contributed by atoms with Crippen LogP contribution in [-0.2, 0) is 5.60 Å². The van der Waals surface area contributed by atoms with Crippen LogP contribution < -0.4 is 0 Å². The lowest BCUT2D eigenvalue weighted by Gasteiger charge is -2.43. The molecular formula is C21H28ClNO. The van der Waals surface area contributed by atoms with E-state index in [0.29, 0.717) is 6.04 Å². The maximum atomic E-state index is 11.9. The lowest BCUT2D eigenvalue weighted by atomic mass is 9.68. The van der Waals surface area contributed by atoms with E-state index in [9.17, 15) is 5.11 Å². The zero-order chi connectivity index (χ0) is 16.3. The highest BCUT2D eigenvalue weighted by molar-refractivity contribution is 5.85. The van der Waals surface area contributed by atoms with E-state index < -0.39 is 5.60 Å². The Hall–Kier alpha value is -1.35. The van der Waals surface area contributed by atoms with Crippen molar-refractivity contribution in [2.24, 2.45) is 5.92 Å². The highest BCUT2D eigenvalue weighted by Gasteiger charge is 2.42. The third kappa shape index (κ3) is 3.66. The highest BCUT2D eigenvalue weighted by Crippen LogP contribution is 2.44. The van der Waals surface area contributed by atoms with Gasteiger partial charge < -0.3 is 10.0 Å². The molecule has 0 bridgehead atoms. The summed E-state index contributed by atoms with van der Waals surface area (Å²) < 4.78 is 0. The zero-order valence-electron chi connectivity index (χ0n) is 14.6. The van der Waals surface area contributed by atoms with Crippen molar-refractivity contribution >= 4 is 12.4 Å². The van der Waals surface area contributed by atoms with Crippen molar-refractivity contribution in [3.63, 3.8) is 0 Å². The summed E-state index contributed by atoms with van der Waals surface area (Å²) in [4.78, 5) is 2.31. The Balaban J connectivity index is 0.00000208. The first-order valence-corrected chi connectivity index (χ1v) is 8.62. The SMILES string of the molecule is CN(C)C1CCCC(C(O)(c2ccccc2)c2ccccc2)C1.Cl. The van der Waals surface area contributed by atoms with Crippen LogP contribution in [0.3, 0.4) is 0 Å². The van der Waals surface area contributed by atoms with Crippen LogP contribution in [0.2, 0.25) is 0 Å². The molecule has 3 heteroatoms. The molecule has 1 aliphatic rings. The molecule has 1 N–H and O–H groups in total. The molecule has 130 valence electrons. The molecular weight excluding hydrogens is 318 g/mol. The number of hydrogen-bond donors (Lipinski definition) is 1. The first-order chi connectivity index (χ1) is 11.1. The predicted molar refractivity (Wildman–Crippen MR) is 103 cm³/mol. The Morgan fingerprint density at radius 3 is 1.83 bits per heavy atom. The molecule has 1 fully saturated rings. The van der Waals surface area contributed by atoms with Crippen molar-refractivity contribution in [2.75, 3.05) is 14.1 Å². The molecule has 0 aliphatic heterocycles. The van der Waals surface area contributed by atoms with E-state index >= 15 is 0 Å². The molecule has 3 rings (SSSR count). The molecule has 0 saturated heterocycles. The summed E-state index contributed by atoms with van der Waals surface area (Å²) in [6.07, 6.45) is 4.51. The summed E-state index contributed by atoms with van der Waals surface area (Å²) in [6, 6.07) is 20.9. The summed E-state index contributed by atoms with van der Waals surface area (Å²) >= 11 is 0. The molecule has 2 atom stereocenters. The van der Waals surface area contributed by atoms with E-state index in [2.05, 4.69) is 43.3 Å². The van der Waals surface area contributed by atoms with Gasteiger partial charge in [-0.15, -0.1) is 12.4 Å². The van der Waals surface area contributed by atoms with Crippen molar-refractivity contribution in [2.45, 2.75) is 37.3 Å². The average molecular weight is 346 g/mol. The molecule has 24 heavy (non-hydrogen) atoms. The minimum absolute atomic E-state index is 0. The van der Waals surface area contributed by atoms with Gasteiger partial charge in [-0.1, -0.05) is 67.1 Å². The topological polar surface area (TPSA) is 23.5 Å². The van der Waals surface area contributed by atoms with Crippen molar-refractivity contribution in [1.82, 2.24) is 4.90 Å². The summed E-state index contributed by atoms with van der Waals surface area (Å²) in [5.74, 6) is 0.244. The zero-order valence-corrected chi connectivity index (χ0v) is 15.4. The lowest BCUT2D eigenvalue weighted by Crippen LogP contribution is -2.43. The normalized spacial score (nSPS) is 21.3. The summed E-state index contributed by atoms with van der Waals surface area (Å²) in [7, 11) is 4.30. The van der Waals surface area contributed by atoms with Gasteiger partial charge in [0.05, 0.1) is 0 Å². The van der Waals surface area contributed by atoms with Crippen molar-refractivity contribution in [1.29, 1.82) is 0 Å². The van der Waals surface area contributed by atoms with Crippen LogP contribution in [0.15, 0.2) is 60.7 Å². The Morgan fingerprint density at radius 1 is 0.875 bits per heavy atom. The van der Waals surface area contributed by atoms with E-state index in [1.54, 1.807) is 0 Å². The third-order valence-electron chi connectivity index (χ3n) is 5.40. The van der Waals surface area contributed by atoms with Crippen LogP contribution in [0.25, 0.3) is 0 Å². The van der Waals surface area contributed by atoms with E-state index in [1.807, 2.05) is 36.4 Å². The monoisotopic (exact) mass is 345 g/mol. The third-order valence-corrected chi connectivity index (χ3v) is 5.40. The first kappa shape index (κ1) is 19.0. The van der Waals surface area contributed by atoms with Gasteiger partial charge in [-0.05, 0) is 50.4 Å². The second-order valence-electron chi connectivity index (χ2n) is 6.98. The van der Waals surface area contributed by atoms with E-state index in [0.717, 1.165) is 24.0 Å². The molecule has 0 heterocycles. The van der Waals surface area contributed by atoms with Gasteiger partial charge in [-0.25, -0.2) is 0 Å². The number of nitrogens with zero attached hydrogens (tertiary/aromatic N) is 1. The number of halogens is 1. The second kappa shape index (κ2) is 8.15. The maximum absolute atomic E-state index is 11.9. The average Bonchev–Trinajstić information content (AvgIpc) is 2.62. The van der Waals surface area contributed by atoms with Gasteiger partial charge in [0.15, 0.2) is 0 Å². The van der Waals surface area contributed by atoms with Crippen LogP contribution in [0.5, 0.6) is 0 Å². The fourth-order valence-electron chi connectivity index (χ4n) is 4.04. The number of aliphatic hydroxyl groups is 1. The second-order valence-corrected chi connectivity index (χ2v) is 6.98. The maximum Gasteiger partial charge on any atom is 0.117 e. The predicted octanol–water partition coefficient (Wildman–Crippen LogP) is 4.46. The van der Waals surface area contributed by atoms with Gasteiger partial charge in [0.2, 0.25) is 0 Å². The van der Waals surface area contributed by atoms with Gasteiger partial charge in [-0.3, -0.25) is 0 Å².